The van der Waals surface area contributed by atoms with Crippen LogP contribution < -0.4 is 10.0 Å². The average Bonchev–Trinajstić information content (AvgIpc) is 3.28. The highest BCUT2D eigenvalue weighted by molar-refractivity contribution is 7.92. The predicted octanol–water partition coefficient (Wildman–Crippen LogP) is 4.09. The number of para-hydroxylation sites is 2. The molecule has 2 heterocycles. The van der Waals surface area contributed by atoms with Crippen LogP contribution in [0.25, 0.3) is 11.1 Å². The zero-order valence-corrected chi connectivity index (χ0v) is 18.0. The van der Waals surface area contributed by atoms with Gasteiger partial charge in [-0.15, -0.1) is 0 Å². The summed E-state index contributed by atoms with van der Waals surface area (Å²) in [6.45, 7) is 2.01. The number of aromatic nitrogens is 2. The Morgan fingerprint density at radius 2 is 1.90 bits per heavy atom. The number of fused-ring (bicyclic) bond motifs is 1. The molecule has 2 aromatic carbocycles. The summed E-state index contributed by atoms with van der Waals surface area (Å²) in [4.78, 5) is 12.7. The molecule has 2 aromatic heterocycles. The first kappa shape index (κ1) is 20.8. The molecule has 0 atom stereocenters. The monoisotopic (exact) mass is 458 g/mol. The average molecular weight is 459 g/mol. The number of aryl methyl sites for hydroxylation is 2. The molecular weight excluding hydrogens is 440 g/mol. The lowest BCUT2D eigenvalue weighted by molar-refractivity contribution is -0.116. The van der Waals surface area contributed by atoms with Gasteiger partial charge in [0, 0.05) is 24.7 Å². The smallest absolute Gasteiger partial charge is 0.269 e. The SMILES string of the molecule is Cc1cc(NS(=O)(=O)c2ccc(NC(=O)CCn3c(=S)oc4ccccc43)cc2)no1. The number of nitrogens with one attached hydrogen (secondary N) is 2. The molecule has 0 radical (unpaired) electrons. The van der Waals surface area contributed by atoms with E-state index in [2.05, 4.69) is 15.2 Å². The first-order valence-electron chi connectivity index (χ1n) is 9.26. The summed E-state index contributed by atoms with van der Waals surface area (Å²) in [5.41, 5.74) is 1.96. The number of oxazole rings is 1. The van der Waals surface area contributed by atoms with Crippen molar-refractivity contribution in [3.8, 4) is 0 Å². The zero-order chi connectivity index (χ0) is 22.0. The summed E-state index contributed by atoms with van der Waals surface area (Å²) >= 11 is 5.22. The summed E-state index contributed by atoms with van der Waals surface area (Å²) in [5, 5.41) is 6.36. The van der Waals surface area contributed by atoms with Gasteiger partial charge in [-0.1, -0.05) is 17.3 Å². The highest BCUT2D eigenvalue weighted by atomic mass is 32.2. The molecule has 2 N–H and O–H groups in total. The molecule has 0 unspecified atom stereocenters. The van der Waals surface area contributed by atoms with Gasteiger partial charge in [-0.25, -0.2) is 8.42 Å². The topological polar surface area (TPSA) is 119 Å². The Labute approximate surface area is 182 Å². The third kappa shape index (κ3) is 4.67. The largest absolute Gasteiger partial charge is 0.429 e. The minimum atomic E-state index is -3.82. The van der Waals surface area contributed by atoms with E-state index in [0.29, 0.717) is 28.4 Å². The van der Waals surface area contributed by atoms with Crippen molar-refractivity contribution < 1.29 is 22.2 Å². The van der Waals surface area contributed by atoms with E-state index in [1.807, 2.05) is 24.3 Å². The molecule has 0 aliphatic rings. The van der Waals surface area contributed by atoms with Gasteiger partial charge in [0.1, 0.15) is 5.76 Å². The molecule has 0 aliphatic heterocycles. The molecule has 0 aliphatic carbocycles. The Hall–Kier alpha value is -3.44. The van der Waals surface area contributed by atoms with Crippen molar-refractivity contribution in [2.45, 2.75) is 24.8 Å². The van der Waals surface area contributed by atoms with Crippen molar-refractivity contribution in [1.82, 2.24) is 9.72 Å². The lowest BCUT2D eigenvalue weighted by Crippen LogP contribution is -2.15. The number of hydrogen-bond acceptors (Lipinski definition) is 7. The molecule has 0 spiro atoms. The van der Waals surface area contributed by atoms with Gasteiger partial charge < -0.3 is 14.3 Å². The molecule has 0 fully saturated rings. The van der Waals surface area contributed by atoms with Crippen LogP contribution in [0.5, 0.6) is 0 Å². The number of benzene rings is 2. The van der Waals surface area contributed by atoms with E-state index >= 15 is 0 Å². The molecule has 0 saturated carbocycles. The quantitative estimate of drug-likeness (QED) is 0.400. The molecule has 11 heteroatoms. The highest BCUT2D eigenvalue weighted by Crippen LogP contribution is 2.19. The predicted molar refractivity (Wildman–Crippen MR) is 117 cm³/mol. The van der Waals surface area contributed by atoms with Crippen LogP contribution in [0.1, 0.15) is 12.2 Å². The number of amides is 1. The number of anilines is 2. The lowest BCUT2D eigenvalue weighted by Gasteiger charge is -2.08. The van der Waals surface area contributed by atoms with Crippen LogP contribution in [0, 0.1) is 11.8 Å². The van der Waals surface area contributed by atoms with E-state index in [1.54, 1.807) is 11.5 Å². The molecular formula is C20H18N4O5S2. The second kappa shape index (κ2) is 8.36. The minimum absolute atomic E-state index is 0.0299. The fraction of sp³-hybridized carbons (Fsp3) is 0.150. The number of carbonyl (C=O) groups excluding carboxylic acids is 1. The van der Waals surface area contributed by atoms with Crippen molar-refractivity contribution in [3.63, 3.8) is 0 Å². The van der Waals surface area contributed by atoms with Crippen molar-refractivity contribution >= 4 is 50.8 Å². The van der Waals surface area contributed by atoms with Crippen LogP contribution in [0.2, 0.25) is 0 Å². The van der Waals surface area contributed by atoms with Gasteiger partial charge in [0.15, 0.2) is 11.4 Å². The maximum atomic E-state index is 12.4. The Balaban J connectivity index is 1.39. The van der Waals surface area contributed by atoms with E-state index in [9.17, 15) is 13.2 Å². The van der Waals surface area contributed by atoms with E-state index < -0.39 is 10.0 Å². The standard InChI is InChI=1S/C20H18N4O5S2/c1-13-12-18(22-29-13)23-31(26,27)15-8-6-14(7-9-15)21-19(25)10-11-24-16-4-2-3-5-17(16)28-20(24)30/h2-9,12H,10-11H2,1H3,(H,21,25)(H,22,23). The number of sulfonamides is 1. The van der Waals surface area contributed by atoms with Gasteiger partial charge in [0.05, 0.1) is 10.4 Å². The number of nitrogens with zero attached hydrogens (tertiary/aromatic N) is 2. The molecule has 4 aromatic rings. The van der Waals surface area contributed by atoms with Crippen molar-refractivity contribution in [2.75, 3.05) is 10.0 Å². The van der Waals surface area contributed by atoms with Crippen LogP contribution in [0.15, 0.2) is 68.4 Å². The Kier molecular flexibility index (Phi) is 5.61. The molecule has 0 bridgehead atoms. The van der Waals surface area contributed by atoms with Crippen LogP contribution in [0.4, 0.5) is 11.5 Å². The molecule has 1 amide bonds. The Bertz CT molecular complexity index is 1400. The molecule has 160 valence electrons. The fourth-order valence-electron chi connectivity index (χ4n) is 2.99. The van der Waals surface area contributed by atoms with E-state index in [-0.39, 0.29) is 23.0 Å². The minimum Gasteiger partial charge on any atom is -0.429 e. The Morgan fingerprint density at radius 3 is 2.61 bits per heavy atom. The number of hydrogen-bond donors (Lipinski definition) is 2. The van der Waals surface area contributed by atoms with Crippen molar-refractivity contribution in [3.05, 3.63) is 65.2 Å². The van der Waals surface area contributed by atoms with Crippen LogP contribution in [-0.4, -0.2) is 24.0 Å². The second-order valence-corrected chi connectivity index (χ2v) is 8.77. The summed E-state index contributed by atoms with van der Waals surface area (Å²) in [5.74, 6) is 0.347. The maximum Gasteiger partial charge on any atom is 0.269 e. The van der Waals surface area contributed by atoms with Gasteiger partial charge in [-0.05, 0) is 55.5 Å². The number of rotatable bonds is 7. The van der Waals surface area contributed by atoms with Crippen molar-refractivity contribution in [2.24, 2.45) is 0 Å². The first-order valence-corrected chi connectivity index (χ1v) is 11.2. The molecule has 9 nitrogen and oxygen atoms in total. The molecule has 31 heavy (non-hydrogen) atoms. The van der Waals surface area contributed by atoms with Crippen molar-refractivity contribution in [1.29, 1.82) is 0 Å². The lowest BCUT2D eigenvalue weighted by atomic mass is 10.3. The summed E-state index contributed by atoms with van der Waals surface area (Å²) < 4.78 is 39.3. The van der Waals surface area contributed by atoms with E-state index in [1.165, 1.54) is 30.3 Å². The highest BCUT2D eigenvalue weighted by Gasteiger charge is 2.16. The summed E-state index contributed by atoms with van der Waals surface area (Å²) in [7, 11) is -3.82. The van der Waals surface area contributed by atoms with Gasteiger partial charge >= 0.3 is 0 Å². The maximum absolute atomic E-state index is 12.4. The van der Waals surface area contributed by atoms with Gasteiger partial charge in [-0.3, -0.25) is 14.1 Å². The van der Waals surface area contributed by atoms with Crippen LogP contribution in [0.3, 0.4) is 0 Å². The van der Waals surface area contributed by atoms with Crippen LogP contribution >= 0.6 is 12.2 Å². The van der Waals surface area contributed by atoms with E-state index in [4.69, 9.17) is 21.2 Å². The third-order valence-electron chi connectivity index (χ3n) is 4.45. The summed E-state index contributed by atoms with van der Waals surface area (Å²) in [6, 6.07) is 14.7. The van der Waals surface area contributed by atoms with Crippen LogP contribution in [-0.2, 0) is 21.4 Å². The van der Waals surface area contributed by atoms with Gasteiger partial charge in [0.25, 0.3) is 14.9 Å². The molecule has 4 rings (SSSR count). The third-order valence-corrected chi connectivity index (χ3v) is 6.13. The number of carbonyl (C=O) groups is 1. The fourth-order valence-corrected chi connectivity index (χ4v) is 4.25. The second-order valence-electron chi connectivity index (χ2n) is 6.74. The normalized spacial score (nSPS) is 11.5. The first-order chi connectivity index (χ1) is 14.8. The zero-order valence-electron chi connectivity index (χ0n) is 16.4. The van der Waals surface area contributed by atoms with Gasteiger partial charge in [0.2, 0.25) is 5.91 Å². The molecule has 0 saturated heterocycles. The van der Waals surface area contributed by atoms with Gasteiger partial charge in [-0.2, -0.15) is 0 Å². The van der Waals surface area contributed by atoms with E-state index in [0.717, 1.165) is 5.52 Å². The Morgan fingerprint density at radius 1 is 1.16 bits per heavy atom. The summed E-state index contributed by atoms with van der Waals surface area (Å²) in [6.07, 6.45) is 0.172.